The molecule has 1 unspecified atom stereocenters. The average molecular weight is 226 g/mol. The molecule has 2 aliphatic rings. The molecule has 4 nitrogen and oxygen atoms in total. The van der Waals surface area contributed by atoms with E-state index in [-0.39, 0.29) is 6.03 Å². The van der Waals surface area contributed by atoms with Crippen LogP contribution in [0.1, 0.15) is 32.6 Å². The highest BCUT2D eigenvalue weighted by molar-refractivity contribution is 5.75. The lowest BCUT2D eigenvalue weighted by Gasteiger charge is -2.39. The Kier molecular flexibility index (Phi) is 4.04. The highest BCUT2D eigenvalue weighted by Gasteiger charge is 2.29. The number of morpholine rings is 1. The number of urea groups is 1. The fourth-order valence-corrected chi connectivity index (χ4v) is 2.61. The predicted octanol–water partition coefficient (Wildman–Crippen LogP) is 1.70. The van der Waals surface area contributed by atoms with Crippen LogP contribution < -0.4 is 0 Å². The zero-order valence-corrected chi connectivity index (χ0v) is 10.2. The minimum atomic E-state index is 0.231. The molecule has 2 amide bonds. The number of carbonyl (C=O) groups excluding carboxylic acids is 1. The smallest absolute Gasteiger partial charge is 0.320 e. The van der Waals surface area contributed by atoms with E-state index < -0.39 is 0 Å². The van der Waals surface area contributed by atoms with Gasteiger partial charge in [0.15, 0.2) is 0 Å². The number of amides is 2. The van der Waals surface area contributed by atoms with Gasteiger partial charge in [-0.25, -0.2) is 4.79 Å². The summed E-state index contributed by atoms with van der Waals surface area (Å²) in [7, 11) is 0. The molecule has 92 valence electrons. The Morgan fingerprint density at radius 2 is 2.00 bits per heavy atom. The first-order valence-corrected chi connectivity index (χ1v) is 6.46. The van der Waals surface area contributed by atoms with Crippen molar-refractivity contribution in [3.05, 3.63) is 0 Å². The number of carbonyl (C=O) groups is 1. The first-order valence-electron chi connectivity index (χ1n) is 6.46. The minimum absolute atomic E-state index is 0.231. The van der Waals surface area contributed by atoms with Gasteiger partial charge >= 0.3 is 6.03 Å². The monoisotopic (exact) mass is 226 g/mol. The van der Waals surface area contributed by atoms with Crippen LogP contribution in [0.3, 0.4) is 0 Å². The van der Waals surface area contributed by atoms with Crippen LogP contribution in [0.4, 0.5) is 4.79 Å². The molecule has 4 heteroatoms. The van der Waals surface area contributed by atoms with Crippen molar-refractivity contribution in [2.75, 3.05) is 32.8 Å². The highest BCUT2D eigenvalue weighted by Crippen LogP contribution is 2.21. The summed E-state index contributed by atoms with van der Waals surface area (Å²) in [4.78, 5) is 16.3. The Hall–Kier alpha value is -0.770. The van der Waals surface area contributed by atoms with Crippen LogP contribution >= 0.6 is 0 Å². The third kappa shape index (κ3) is 2.48. The van der Waals surface area contributed by atoms with Crippen LogP contribution in [-0.4, -0.2) is 54.7 Å². The Morgan fingerprint density at radius 1 is 1.25 bits per heavy atom. The molecule has 0 radical (unpaired) electrons. The highest BCUT2D eigenvalue weighted by atomic mass is 16.5. The van der Waals surface area contributed by atoms with Crippen molar-refractivity contribution in [3.8, 4) is 0 Å². The number of hydrogen-bond donors (Lipinski definition) is 0. The van der Waals surface area contributed by atoms with E-state index in [1.807, 2.05) is 4.90 Å². The fraction of sp³-hybridized carbons (Fsp3) is 0.917. The Bertz CT molecular complexity index is 239. The molecule has 1 atom stereocenters. The molecular formula is C12H22N2O2. The molecule has 0 spiro atoms. The maximum Gasteiger partial charge on any atom is 0.320 e. The summed E-state index contributed by atoms with van der Waals surface area (Å²) in [6.45, 7) is 6.01. The number of ether oxygens (including phenoxy) is 1. The lowest BCUT2D eigenvalue weighted by molar-refractivity contribution is 0.0353. The van der Waals surface area contributed by atoms with Crippen LogP contribution in [0.5, 0.6) is 0 Å². The molecule has 0 aromatic carbocycles. The molecule has 0 saturated carbocycles. The van der Waals surface area contributed by atoms with E-state index in [1.54, 1.807) is 0 Å². The first kappa shape index (κ1) is 11.7. The number of likely N-dealkylation sites (tertiary alicyclic amines) is 1. The van der Waals surface area contributed by atoms with Gasteiger partial charge in [0.25, 0.3) is 0 Å². The lowest BCUT2D eigenvalue weighted by atomic mass is 10.0. The lowest BCUT2D eigenvalue weighted by Crippen LogP contribution is -2.52. The topological polar surface area (TPSA) is 32.8 Å². The molecule has 2 saturated heterocycles. The van der Waals surface area contributed by atoms with E-state index in [1.165, 1.54) is 12.8 Å². The molecule has 0 N–H and O–H groups in total. The predicted molar refractivity (Wildman–Crippen MR) is 62.4 cm³/mol. The number of rotatable bonds is 1. The summed E-state index contributed by atoms with van der Waals surface area (Å²) >= 11 is 0. The zero-order valence-electron chi connectivity index (χ0n) is 10.2. The van der Waals surface area contributed by atoms with E-state index >= 15 is 0 Å². The second-order valence-corrected chi connectivity index (χ2v) is 4.63. The number of nitrogens with zero attached hydrogens (tertiary/aromatic N) is 2. The molecule has 2 fully saturated rings. The van der Waals surface area contributed by atoms with Crippen molar-refractivity contribution in [1.29, 1.82) is 0 Å². The molecule has 2 heterocycles. The van der Waals surface area contributed by atoms with Crippen LogP contribution in [0.2, 0.25) is 0 Å². The summed E-state index contributed by atoms with van der Waals surface area (Å²) < 4.78 is 5.28. The van der Waals surface area contributed by atoms with Gasteiger partial charge in [0, 0.05) is 25.7 Å². The summed E-state index contributed by atoms with van der Waals surface area (Å²) in [5.41, 5.74) is 0. The Labute approximate surface area is 97.5 Å². The zero-order chi connectivity index (χ0) is 11.4. The third-order valence-electron chi connectivity index (χ3n) is 3.63. The van der Waals surface area contributed by atoms with Gasteiger partial charge in [-0.1, -0.05) is 6.92 Å². The summed E-state index contributed by atoms with van der Waals surface area (Å²) in [5, 5.41) is 0. The van der Waals surface area contributed by atoms with Gasteiger partial charge in [-0.15, -0.1) is 0 Å². The molecule has 2 rings (SSSR count). The van der Waals surface area contributed by atoms with Gasteiger partial charge in [0.05, 0.1) is 13.2 Å². The maximum absolute atomic E-state index is 12.3. The van der Waals surface area contributed by atoms with Crippen LogP contribution in [0.15, 0.2) is 0 Å². The van der Waals surface area contributed by atoms with Crippen molar-refractivity contribution in [2.24, 2.45) is 0 Å². The standard InChI is InChI=1S/C12H22N2O2/c1-2-11-5-3-4-6-14(11)12(15)13-7-9-16-10-8-13/h11H,2-10H2,1H3. The van der Waals surface area contributed by atoms with Gasteiger partial charge in [-0.3, -0.25) is 0 Å². The molecule has 0 aliphatic carbocycles. The van der Waals surface area contributed by atoms with Crippen molar-refractivity contribution in [1.82, 2.24) is 9.80 Å². The molecule has 0 aromatic heterocycles. The minimum Gasteiger partial charge on any atom is -0.378 e. The van der Waals surface area contributed by atoms with Gasteiger partial charge in [0.1, 0.15) is 0 Å². The molecular weight excluding hydrogens is 204 g/mol. The van der Waals surface area contributed by atoms with Gasteiger partial charge in [-0.05, 0) is 25.7 Å². The van der Waals surface area contributed by atoms with Crippen LogP contribution in [-0.2, 0) is 4.74 Å². The third-order valence-corrected chi connectivity index (χ3v) is 3.63. The molecule has 16 heavy (non-hydrogen) atoms. The van der Waals surface area contributed by atoms with Crippen molar-refractivity contribution in [2.45, 2.75) is 38.6 Å². The summed E-state index contributed by atoms with van der Waals surface area (Å²) in [6.07, 6.45) is 4.68. The van der Waals surface area contributed by atoms with Gasteiger partial charge < -0.3 is 14.5 Å². The van der Waals surface area contributed by atoms with Crippen LogP contribution in [0, 0.1) is 0 Å². The van der Waals surface area contributed by atoms with Crippen molar-refractivity contribution in [3.63, 3.8) is 0 Å². The van der Waals surface area contributed by atoms with E-state index in [4.69, 9.17) is 4.74 Å². The Balaban J connectivity index is 1.95. The van der Waals surface area contributed by atoms with Gasteiger partial charge in [-0.2, -0.15) is 0 Å². The first-order chi connectivity index (χ1) is 7.83. The summed E-state index contributed by atoms with van der Waals surface area (Å²) in [6, 6.07) is 0.693. The van der Waals surface area contributed by atoms with E-state index in [2.05, 4.69) is 11.8 Å². The SMILES string of the molecule is CCC1CCCCN1C(=O)N1CCOCC1. The average Bonchev–Trinajstić information content (AvgIpc) is 2.39. The number of piperidine rings is 1. The quantitative estimate of drug-likeness (QED) is 0.682. The van der Waals surface area contributed by atoms with E-state index in [0.717, 1.165) is 32.5 Å². The fourth-order valence-electron chi connectivity index (χ4n) is 2.61. The largest absolute Gasteiger partial charge is 0.378 e. The molecule has 0 aromatic rings. The van der Waals surface area contributed by atoms with Crippen molar-refractivity contribution >= 4 is 6.03 Å². The summed E-state index contributed by atoms with van der Waals surface area (Å²) in [5.74, 6) is 0. The second kappa shape index (κ2) is 5.53. The van der Waals surface area contributed by atoms with E-state index in [9.17, 15) is 4.79 Å². The molecule has 0 bridgehead atoms. The van der Waals surface area contributed by atoms with Crippen molar-refractivity contribution < 1.29 is 9.53 Å². The maximum atomic E-state index is 12.3. The van der Waals surface area contributed by atoms with Gasteiger partial charge in [0.2, 0.25) is 0 Å². The number of hydrogen-bond acceptors (Lipinski definition) is 2. The normalized spacial score (nSPS) is 26.9. The Morgan fingerprint density at radius 3 is 2.69 bits per heavy atom. The van der Waals surface area contributed by atoms with Crippen LogP contribution in [0.25, 0.3) is 0 Å². The molecule has 2 aliphatic heterocycles. The second-order valence-electron chi connectivity index (χ2n) is 4.63. The van der Waals surface area contributed by atoms with E-state index in [0.29, 0.717) is 19.3 Å².